The number of nitrogens with zero attached hydrogens (tertiary/aromatic N) is 4. The highest BCUT2D eigenvalue weighted by Gasteiger charge is 2.15. The number of rotatable bonds is 9. The average molecular weight is 492 g/mol. The number of nitrogens with one attached hydrogen (secondary N) is 1. The fraction of sp³-hybridized carbons (Fsp3) is 0.308. The highest BCUT2D eigenvalue weighted by Crippen LogP contribution is 2.30. The summed E-state index contributed by atoms with van der Waals surface area (Å²) < 4.78 is 7.46. The second-order valence-electron chi connectivity index (χ2n) is 8.04. The summed E-state index contributed by atoms with van der Waals surface area (Å²) >= 11 is 1.52. The van der Waals surface area contributed by atoms with Gasteiger partial charge in [-0.3, -0.25) is 4.79 Å². The number of carbonyl (C=O) groups excluding carboxylic acids is 1. The van der Waals surface area contributed by atoms with Gasteiger partial charge in [-0.25, -0.2) is 4.79 Å². The van der Waals surface area contributed by atoms with Crippen LogP contribution in [0.3, 0.4) is 0 Å². The molecule has 2 heterocycles. The van der Waals surface area contributed by atoms with Crippen molar-refractivity contribution < 1.29 is 9.21 Å². The van der Waals surface area contributed by atoms with Crippen molar-refractivity contribution in [3.05, 3.63) is 64.5 Å². The molecule has 9 heteroatoms. The monoisotopic (exact) mass is 491 g/mol. The van der Waals surface area contributed by atoms with Gasteiger partial charge in [0.05, 0.1) is 0 Å². The SMILES string of the molecule is CCN(CC)c1ccc(-c2nnc(SCc3cc(=O)oc4cc(NC(C)=O)ccc34)n2CC)cc1. The third kappa shape index (κ3) is 5.40. The average Bonchev–Trinajstić information content (AvgIpc) is 3.26. The smallest absolute Gasteiger partial charge is 0.336 e. The first-order valence-electron chi connectivity index (χ1n) is 11.7. The summed E-state index contributed by atoms with van der Waals surface area (Å²) in [5, 5.41) is 13.2. The Hall–Kier alpha value is -3.59. The molecule has 1 N–H and O–H groups in total. The molecular weight excluding hydrogens is 462 g/mol. The molecule has 0 aliphatic rings. The first kappa shape index (κ1) is 24.5. The van der Waals surface area contributed by atoms with Gasteiger partial charge < -0.3 is 19.2 Å². The number of hydrogen-bond donors (Lipinski definition) is 1. The number of carbonyl (C=O) groups is 1. The summed E-state index contributed by atoms with van der Waals surface area (Å²) in [5.41, 5.74) is 3.63. The van der Waals surface area contributed by atoms with Crippen molar-refractivity contribution in [2.24, 2.45) is 0 Å². The molecule has 4 aromatic rings. The van der Waals surface area contributed by atoms with Gasteiger partial charge in [0.1, 0.15) is 5.58 Å². The molecule has 0 atom stereocenters. The maximum atomic E-state index is 12.2. The normalized spacial score (nSPS) is 11.1. The lowest BCUT2D eigenvalue weighted by Gasteiger charge is -2.21. The van der Waals surface area contributed by atoms with E-state index in [1.807, 2.05) is 6.07 Å². The van der Waals surface area contributed by atoms with Gasteiger partial charge >= 0.3 is 5.63 Å². The second-order valence-corrected chi connectivity index (χ2v) is 8.98. The molecule has 1 amide bonds. The summed E-state index contributed by atoms with van der Waals surface area (Å²) in [5.74, 6) is 1.16. The quantitative estimate of drug-likeness (QED) is 0.255. The van der Waals surface area contributed by atoms with Crippen LogP contribution in [0.1, 0.15) is 33.3 Å². The van der Waals surface area contributed by atoms with Crippen LogP contribution in [0, 0.1) is 0 Å². The molecule has 0 aliphatic carbocycles. The number of anilines is 2. The number of amides is 1. The number of hydrogen-bond acceptors (Lipinski definition) is 7. The Balaban J connectivity index is 1.58. The Morgan fingerprint density at radius 1 is 1.06 bits per heavy atom. The zero-order valence-corrected chi connectivity index (χ0v) is 21.2. The van der Waals surface area contributed by atoms with Crippen LogP contribution in [-0.2, 0) is 17.1 Å². The van der Waals surface area contributed by atoms with E-state index in [2.05, 4.69) is 70.0 Å². The number of thioether (sulfide) groups is 1. The van der Waals surface area contributed by atoms with Gasteiger partial charge in [0.15, 0.2) is 11.0 Å². The summed E-state index contributed by atoms with van der Waals surface area (Å²) in [6.45, 7) is 10.4. The largest absolute Gasteiger partial charge is 0.423 e. The highest BCUT2D eigenvalue weighted by molar-refractivity contribution is 7.98. The van der Waals surface area contributed by atoms with Crippen LogP contribution in [0.5, 0.6) is 0 Å². The Labute approximate surface area is 208 Å². The molecule has 0 saturated carbocycles. The molecule has 2 aromatic heterocycles. The molecule has 182 valence electrons. The molecule has 0 fully saturated rings. The minimum Gasteiger partial charge on any atom is -0.423 e. The van der Waals surface area contributed by atoms with Crippen LogP contribution in [0.15, 0.2) is 62.9 Å². The van der Waals surface area contributed by atoms with Crippen LogP contribution in [0.2, 0.25) is 0 Å². The van der Waals surface area contributed by atoms with E-state index >= 15 is 0 Å². The van der Waals surface area contributed by atoms with Crippen LogP contribution in [0.4, 0.5) is 11.4 Å². The molecule has 0 radical (unpaired) electrons. The van der Waals surface area contributed by atoms with Gasteiger partial charge in [0.25, 0.3) is 0 Å². The topological polar surface area (TPSA) is 93.3 Å². The van der Waals surface area contributed by atoms with E-state index in [0.29, 0.717) is 17.0 Å². The fourth-order valence-corrected chi connectivity index (χ4v) is 5.07. The molecule has 2 aromatic carbocycles. The standard InChI is InChI=1S/C26H29N5O3S/c1-5-30(6-2)21-11-8-18(9-12-21)25-28-29-26(31(25)7-3)35-16-19-14-24(33)34-23-15-20(27-17(4)32)10-13-22(19)23/h8-15H,5-7,16H2,1-4H3,(H,27,32). The lowest BCUT2D eigenvalue weighted by Crippen LogP contribution is -2.21. The zero-order chi connectivity index (χ0) is 24.9. The lowest BCUT2D eigenvalue weighted by molar-refractivity contribution is -0.114. The van der Waals surface area contributed by atoms with Gasteiger partial charge in [-0.1, -0.05) is 11.8 Å². The maximum absolute atomic E-state index is 12.2. The summed E-state index contributed by atoms with van der Waals surface area (Å²) in [6, 6.07) is 15.2. The molecule has 0 bridgehead atoms. The van der Waals surface area contributed by atoms with E-state index < -0.39 is 5.63 Å². The number of aromatic nitrogens is 3. The highest BCUT2D eigenvalue weighted by atomic mass is 32.2. The van der Waals surface area contributed by atoms with Crippen molar-refractivity contribution in [3.8, 4) is 11.4 Å². The van der Waals surface area contributed by atoms with E-state index in [-0.39, 0.29) is 5.91 Å². The molecule has 8 nitrogen and oxygen atoms in total. The first-order valence-corrected chi connectivity index (χ1v) is 12.7. The Morgan fingerprint density at radius 3 is 2.46 bits per heavy atom. The number of fused-ring (bicyclic) bond motifs is 1. The van der Waals surface area contributed by atoms with Gasteiger partial charge in [-0.2, -0.15) is 0 Å². The predicted octanol–water partition coefficient (Wildman–Crippen LogP) is 5.17. The van der Waals surface area contributed by atoms with E-state index in [9.17, 15) is 9.59 Å². The van der Waals surface area contributed by atoms with Crippen molar-refractivity contribution >= 4 is 40.0 Å². The van der Waals surface area contributed by atoms with E-state index in [4.69, 9.17) is 4.42 Å². The summed E-state index contributed by atoms with van der Waals surface area (Å²) in [7, 11) is 0. The minimum atomic E-state index is -0.431. The second kappa shape index (κ2) is 10.8. The third-order valence-corrected chi connectivity index (χ3v) is 6.81. The zero-order valence-electron chi connectivity index (χ0n) is 20.4. The first-order chi connectivity index (χ1) is 16.9. The Kier molecular flexibility index (Phi) is 7.55. The van der Waals surface area contributed by atoms with Crippen molar-refractivity contribution in [2.75, 3.05) is 23.3 Å². The Bertz CT molecular complexity index is 1390. The maximum Gasteiger partial charge on any atom is 0.336 e. The number of benzene rings is 2. The van der Waals surface area contributed by atoms with Crippen LogP contribution >= 0.6 is 11.8 Å². The third-order valence-electron chi connectivity index (χ3n) is 5.79. The van der Waals surface area contributed by atoms with E-state index in [0.717, 1.165) is 47.1 Å². The molecule has 4 rings (SSSR count). The van der Waals surface area contributed by atoms with Crippen molar-refractivity contribution in [3.63, 3.8) is 0 Å². The van der Waals surface area contributed by atoms with E-state index in [1.54, 1.807) is 12.1 Å². The van der Waals surface area contributed by atoms with Gasteiger partial charge in [0.2, 0.25) is 5.91 Å². The van der Waals surface area contributed by atoms with Crippen LogP contribution in [0.25, 0.3) is 22.4 Å². The summed E-state index contributed by atoms with van der Waals surface area (Å²) in [4.78, 5) is 25.8. The molecular formula is C26H29N5O3S. The molecule has 0 unspecified atom stereocenters. The van der Waals surface area contributed by atoms with Crippen molar-refractivity contribution in [2.45, 2.75) is 45.1 Å². The van der Waals surface area contributed by atoms with E-state index in [1.165, 1.54) is 30.4 Å². The van der Waals surface area contributed by atoms with Gasteiger partial charge in [0, 0.05) is 66.8 Å². The molecule has 0 saturated heterocycles. The summed E-state index contributed by atoms with van der Waals surface area (Å²) in [6.07, 6.45) is 0. The molecule has 0 aliphatic heterocycles. The minimum absolute atomic E-state index is 0.184. The molecule has 35 heavy (non-hydrogen) atoms. The van der Waals surface area contributed by atoms with Gasteiger partial charge in [-0.05, 0) is 62.7 Å². The van der Waals surface area contributed by atoms with Crippen LogP contribution in [-0.4, -0.2) is 33.8 Å². The lowest BCUT2D eigenvalue weighted by atomic mass is 10.1. The van der Waals surface area contributed by atoms with Crippen molar-refractivity contribution in [1.29, 1.82) is 0 Å². The van der Waals surface area contributed by atoms with Gasteiger partial charge in [-0.15, -0.1) is 10.2 Å². The predicted molar refractivity (Wildman–Crippen MR) is 141 cm³/mol. The Morgan fingerprint density at radius 2 is 1.80 bits per heavy atom. The molecule has 0 spiro atoms. The fourth-order valence-electron chi connectivity index (χ4n) is 4.08. The van der Waals surface area contributed by atoms with Crippen LogP contribution < -0.4 is 15.8 Å². The van der Waals surface area contributed by atoms with Crippen molar-refractivity contribution in [1.82, 2.24) is 14.8 Å².